The maximum Gasteiger partial charge on any atom is 0.217 e. The molecule has 1 aromatic heterocycles. The molecule has 98 valence electrons. The molecule has 0 radical (unpaired) electrons. The highest BCUT2D eigenvalue weighted by molar-refractivity contribution is 5.43. The van der Waals surface area contributed by atoms with Gasteiger partial charge in [-0.05, 0) is 24.1 Å². The smallest absolute Gasteiger partial charge is 0.217 e. The van der Waals surface area contributed by atoms with Crippen LogP contribution in [0.15, 0.2) is 36.7 Å². The van der Waals surface area contributed by atoms with Crippen molar-refractivity contribution in [2.75, 3.05) is 6.54 Å². The van der Waals surface area contributed by atoms with Crippen LogP contribution < -0.4 is 5.32 Å². The number of hydrogen-bond donors (Lipinski definition) is 1. The average molecular weight is 254 g/mol. The van der Waals surface area contributed by atoms with Crippen molar-refractivity contribution in [3.05, 3.63) is 48.0 Å². The Labute approximate surface area is 113 Å². The van der Waals surface area contributed by atoms with Gasteiger partial charge in [0.1, 0.15) is 6.07 Å². The molecule has 0 saturated heterocycles. The zero-order chi connectivity index (χ0) is 13.7. The van der Waals surface area contributed by atoms with E-state index >= 15 is 0 Å². The Morgan fingerprint density at radius 2 is 2.16 bits per heavy atom. The van der Waals surface area contributed by atoms with Gasteiger partial charge in [-0.2, -0.15) is 5.26 Å². The first kappa shape index (κ1) is 13.3. The summed E-state index contributed by atoms with van der Waals surface area (Å²) in [6.45, 7) is 6.13. The van der Waals surface area contributed by atoms with E-state index < -0.39 is 0 Å². The van der Waals surface area contributed by atoms with Crippen LogP contribution in [0.3, 0.4) is 0 Å². The fourth-order valence-electron chi connectivity index (χ4n) is 1.97. The van der Waals surface area contributed by atoms with E-state index in [0.717, 1.165) is 24.3 Å². The highest BCUT2D eigenvalue weighted by atomic mass is 15.1. The Morgan fingerprint density at radius 1 is 1.37 bits per heavy atom. The second kappa shape index (κ2) is 6.17. The molecule has 4 nitrogen and oxygen atoms in total. The molecule has 2 aromatic rings. The molecular weight excluding hydrogens is 236 g/mol. The molecular formula is C15H18N4. The molecule has 0 unspecified atom stereocenters. The quantitative estimate of drug-likeness (QED) is 0.892. The molecule has 2 rings (SSSR count). The number of benzene rings is 1. The minimum absolute atomic E-state index is 0.413. The van der Waals surface area contributed by atoms with Crippen molar-refractivity contribution in [1.82, 2.24) is 14.9 Å². The van der Waals surface area contributed by atoms with Gasteiger partial charge in [0.25, 0.3) is 0 Å². The zero-order valence-electron chi connectivity index (χ0n) is 11.3. The Hall–Kier alpha value is -2.12. The number of para-hydroxylation sites is 1. The number of nitrogens with zero attached hydrogens (tertiary/aromatic N) is 3. The number of rotatable bonds is 5. The molecule has 19 heavy (non-hydrogen) atoms. The third-order valence-electron chi connectivity index (χ3n) is 2.86. The van der Waals surface area contributed by atoms with E-state index in [-0.39, 0.29) is 0 Å². The normalized spacial score (nSPS) is 10.6. The molecule has 0 amide bonds. The maximum absolute atomic E-state index is 9.06. The SMILES string of the molecule is CC(C)CNCc1ccccc1-n1ccnc1C#N. The van der Waals surface area contributed by atoms with Gasteiger partial charge in [-0.15, -0.1) is 0 Å². The van der Waals surface area contributed by atoms with Crippen molar-refractivity contribution in [3.8, 4) is 11.8 Å². The molecule has 0 aliphatic rings. The number of nitriles is 1. The van der Waals surface area contributed by atoms with E-state index in [9.17, 15) is 0 Å². The van der Waals surface area contributed by atoms with E-state index in [0.29, 0.717) is 11.7 Å². The van der Waals surface area contributed by atoms with Crippen LogP contribution >= 0.6 is 0 Å². The Balaban J connectivity index is 2.24. The molecule has 0 spiro atoms. The van der Waals surface area contributed by atoms with E-state index in [1.165, 1.54) is 0 Å². The van der Waals surface area contributed by atoms with Crippen molar-refractivity contribution in [3.63, 3.8) is 0 Å². The third-order valence-corrected chi connectivity index (χ3v) is 2.86. The average Bonchev–Trinajstić information content (AvgIpc) is 2.87. The predicted octanol–water partition coefficient (Wildman–Crippen LogP) is 2.49. The molecule has 1 heterocycles. The summed E-state index contributed by atoms with van der Waals surface area (Å²) in [7, 11) is 0. The van der Waals surface area contributed by atoms with Crippen molar-refractivity contribution in [2.45, 2.75) is 20.4 Å². The summed E-state index contributed by atoms with van der Waals surface area (Å²) in [5.74, 6) is 1.03. The van der Waals surface area contributed by atoms with Gasteiger partial charge in [0.2, 0.25) is 5.82 Å². The van der Waals surface area contributed by atoms with Crippen LogP contribution in [0.5, 0.6) is 0 Å². The van der Waals surface area contributed by atoms with Gasteiger partial charge in [-0.1, -0.05) is 32.0 Å². The van der Waals surface area contributed by atoms with Gasteiger partial charge in [0, 0.05) is 18.9 Å². The molecule has 4 heteroatoms. The summed E-state index contributed by atoms with van der Waals surface area (Å²) in [6.07, 6.45) is 3.47. The van der Waals surface area contributed by atoms with Gasteiger partial charge >= 0.3 is 0 Å². The van der Waals surface area contributed by atoms with Crippen molar-refractivity contribution in [1.29, 1.82) is 5.26 Å². The van der Waals surface area contributed by atoms with E-state index in [4.69, 9.17) is 5.26 Å². The third kappa shape index (κ3) is 3.21. The molecule has 0 atom stereocenters. The highest BCUT2D eigenvalue weighted by Crippen LogP contribution is 2.16. The monoisotopic (exact) mass is 254 g/mol. The summed E-state index contributed by atoms with van der Waals surface area (Å²) in [5.41, 5.74) is 2.17. The first-order chi connectivity index (χ1) is 9.22. The standard InChI is InChI=1S/C15H18N4/c1-12(2)10-17-11-13-5-3-4-6-14(13)19-8-7-18-15(19)9-16/h3-8,12,17H,10-11H2,1-2H3. The first-order valence-corrected chi connectivity index (χ1v) is 6.45. The van der Waals surface area contributed by atoms with Crippen LogP contribution in [0.25, 0.3) is 5.69 Å². The Bertz CT molecular complexity index is 578. The largest absolute Gasteiger partial charge is 0.312 e. The number of aromatic nitrogens is 2. The lowest BCUT2D eigenvalue weighted by Gasteiger charge is -2.12. The lowest BCUT2D eigenvalue weighted by molar-refractivity contribution is 0.551. The maximum atomic E-state index is 9.06. The van der Waals surface area contributed by atoms with E-state index in [2.05, 4.69) is 36.3 Å². The van der Waals surface area contributed by atoms with E-state index in [1.54, 1.807) is 6.20 Å². The Morgan fingerprint density at radius 3 is 2.89 bits per heavy atom. The van der Waals surface area contributed by atoms with Crippen molar-refractivity contribution < 1.29 is 0 Å². The zero-order valence-corrected chi connectivity index (χ0v) is 11.3. The summed E-state index contributed by atoms with van der Waals surface area (Å²) >= 11 is 0. The van der Waals surface area contributed by atoms with E-state index in [1.807, 2.05) is 29.0 Å². The van der Waals surface area contributed by atoms with Gasteiger partial charge in [-0.3, -0.25) is 4.57 Å². The minimum atomic E-state index is 0.413. The molecule has 0 aliphatic carbocycles. The van der Waals surface area contributed by atoms with Gasteiger partial charge in [-0.25, -0.2) is 4.98 Å². The number of nitrogens with one attached hydrogen (secondary N) is 1. The fraction of sp³-hybridized carbons (Fsp3) is 0.333. The molecule has 0 aliphatic heterocycles. The number of imidazole rings is 1. The summed E-state index contributed by atoms with van der Waals surface area (Å²) in [4.78, 5) is 4.04. The lowest BCUT2D eigenvalue weighted by atomic mass is 10.1. The van der Waals surface area contributed by atoms with Crippen molar-refractivity contribution in [2.24, 2.45) is 5.92 Å². The van der Waals surface area contributed by atoms with Gasteiger partial charge in [0.15, 0.2) is 0 Å². The second-order valence-electron chi connectivity index (χ2n) is 4.89. The first-order valence-electron chi connectivity index (χ1n) is 6.45. The minimum Gasteiger partial charge on any atom is -0.312 e. The highest BCUT2D eigenvalue weighted by Gasteiger charge is 2.08. The Kier molecular flexibility index (Phi) is 4.32. The fourth-order valence-corrected chi connectivity index (χ4v) is 1.97. The molecule has 1 N–H and O–H groups in total. The molecule has 0 bridgehead atoms. The summed E-state index contributed by atoms with van der Waals surface area (Å²) in [6, 6.07) is 10.2. The predicted molar refractivity (Wildman–Crippen MR) is 74.8 cm³/mol. The van der Waals surface area contributed by atoms with Crippen molar-refractivity contribution >= 4 is 0 Å². The van der Waals surface area contributed by atoms with Crippen LogP contribution in [0.1, 0.15) is 25.2 Å². The van der Waals surface area contributed by atoms with Crippen LogP contribution in [0, 0.1) is 17.2 Å². The van der Waals surface area contributed by atoms with Crippen LogP contribution in [0.4, 0.5) is 0 Å². The number of hydrogen-bond acceptors (Lipinski definition) is 3. The summed E-state index contributed by atoms with van der Waals surface area (Å²) in [5, 5.41) is 12.5. The second-order valence-corrected chi connectivity index (χ2v) is 4.89. The summed E-state index contributed by atoms with van der Waals surface area (Å²) < 4.78 is 1.83. The van der Waals surface area contributed by atoms with Crippen LogP contribution in [0.2, 0.25) is 0 Å². The lowest BCUT2D eigenvalue weighted by Crippen LogP contribution is -2.20. The molecule has 0 saturated carbocycles. The molecule has 1 aromatic carbocycles. The van der Waals surface area contributed by atoms with Gasteiger partial charge in [0.05, 0.1) is 5.69 Å². The van der Waals surface area contributed by atoms with Crippen LogP contribution in [-0.4, -0.2) is 16.1 Å². The van der Waals surface area contributed by atoms with Crippen LogP contribution in [-0.2, 0) is 6.54 Å². The van der Waals surface area contributed by atoms with Gasteiger partial charge < -0.3 is 5.32 Å². The molecule has 0 fully saturated rings. The topological polar surface area (TPSA) is 53.6 Å².